The van der Waals surface area contributed by atoms with Crippen molar-refractivity contribution in [2.75, 3.05) is 7.11 Å². The van der Waals surface area contributed by atoms with Crippen molar-refractivity contribution in [3.63, 3.8) is 0 Å². The van der Waals surface area contributed by atoms with Crippen LogP contribution in [0.2, 0.25) is 0 Å². The van der Waals surface area contributed by atoms with E-state index in [4.69, 9.17) is 4.74 Å². The number of benzene rings is 5. The Labute approximate surface area is 164 Å². The van der Waals surface area contributed by atoms with Crippen molar-refractivity contribution in [1.82, 2.24) is 0 Å². The second-order valence-corrected chi connectivity index (χ2v) is 6.97. The first-order valence-electron chi connectivity index (χ1n) is 9.49. The molecule has 0 spiro atoms. The van der Waals surface area contributed by atoms with E-state index in [1.165, 1.54) is 38.4 Å². The maximum Gasteiger partial charge on any atom is 0.126 e. The first kappa shape index (κ1) is 16.6. The molecule has 1 nitrogen and oxygen atoms in total. The highest BCUT2D eigenvalue weighted by Gasteiger charge is 2.09. The lowest BCUT2D eigenvalue weighted by molar-refractivity contribution is 0.420. The number of methoxy groups -OCH3 is 1. The van der Waals surface area contributed by atoms with Gasteiger partial charge in [0.1, 0.15) is 5.75 Å². The minimum atomic E-state index is 0.909. The van der Waals surface area contributed by atoms with E-state index in [1.54, 1.807) is 7.11 Å². The minimum absolute atomic E-state index is 0.909. The van der Waals surface area contributed by atoms with Crippen LogP contribution in [0, 0.1) is 0 Å². The highest BCUT2D eigenvalue weighted by Crippen LogP contribution is 2.36. The third-order valence-corrected chi connectivity index (χ3v) is 5.40. The Hall–Kier alpha value is -3.58. The minimum Gasteiger partial charge on any atom is -0.496 e. The molecule has 0 aliphatic heterocycles. The summed E-state index contributed by atoms with van der Waals surface area (Å²) in [4.78, 5) is 0. The zero-order valence-electron chi connectivity index (χ0n) is 15.7. The summed E-state index contributed by atoms with van der Waals surface area (Å²) >= 11 is 0. The van der Waals surface area contributed by atoms with Gasteiger partial charge in [-0.25, -0.2) is 0 Å². The quantitative estimate of drug-likeness (QED) is 0.327. The highest BCUT2D eigenvalue weighted by molar-refractivity contribution is 6.01. The van der Waals surface area contributed by atoms with Crippen LogP contribution in [0.25, 0.3) is 43.8 Å². The summed E-state index contributed by atoms with van der Waals surface area (Å²) in [6.45, 7) is 0. The van der Waals surface area contributed by atoms with Crippen LogP contribution < -0.4 is 4.74 Å². The zero-order chi connectivity index (χ0) is 18.9. The van der Waals surface area contributed by atoms with E-state index >= 15 is 0 Å². The lowest BCUT2D eigenvalue weighted by Crippen LogP contribution is -1.88. The van der Waals surface area contributed by atoms with Gasteiger partial charge in [0.2, 0.25) is 0 Å². The van der Waals surface area contributed by atoms with Crippen molar-refractivity contribution in [3.05, 3.63) is 103 Å². The van der Waals surface area contributed by atoms with E-state index in [1.807, 2.05) is 0 Å². The van der Waals surface area contributed by atoms with E-state index in [2.05, 4.69) is 103 Å². The largest absolute Gasteiger partial charge is 0.496 e. The predicted molar refractivity (Wildman–Crippen MR) is 119 cm³/mol. The van der Waals surface area contributed by atoms with E-state index < -0.39 is 0 Å². The predicted octanol–water partition coefficient (Wildman–Crippen LogP) is 7.34. The molecular formula is C27H20O. The van der Waals surface area contributed by atoms with Gasteiger partial charge in [0.15, 0.2) is 0 Å². The third-order valence-electron chi connectivity index (χ3n) is 5.40. The normalized spacial score (nSPS) is 11.0. The molecule has 0 radical (unpaired) electrons. The topological polar surface area (TPSA) is 9.23 Å². The molecule has 5 aromatic rings. The number of fused-ring (bicyclic) bond motifs is 2. The van der Waals surface area contributed by atoms with Crippen LogP contribution in [0.3, 0.4) is 0 Å². The van der Waals surface area contributed by atoms with E-state index in [9.17, 15) is 0 Å². The molecule has 1 heteroatoms. The Bertz CT molecular complexity index is 1280. The van der Waals surface area contributed by atoms with Crippen LogP contribution in [0.5, 0.6) is 5.75 Å². The molecule has 0 saturated carbocycles. The summed E-state index contributed by atoms with van der Waals surface area (Å²) in [7, 11) is 1.72. The van der Waals surface area contributed by atoms with E-state index in [-0.39, 0.29) is 0 Å². The molecular weight excluding hydrogens is 340 g/mol. The fourth-order valence-electron chi connectivity index (χ4n) is 4.01. The lowest BCUT2D eigenvalue weighted by Gasteiger charge is -2.12. The van der Waals surface area contributed by atoms with Crippen molar-refractivity contribution in [3.8, 4) is 28.0 Å². The van der Waals surface area contributed by atoms with Gasteiger partial charge in [0.05, 0.1) is 7.11 Å². The first-order valence-corrected chi connectivity index (χ1v) is 9.49. The molecule has 0 fully saturated rings. The van der Waals surface area contributed by atoms with Crippen molar-refractivity contribution in [2.24, 2.45) is 0 Å². The maximum absolute atomic E-state index is 5.54. The first-order chi connectivity index (χ1) is 13.8. The monoisotopic (exact) mass is 360 g/mol. The molecule has 0 amide bonds. The van der Waals surface area contributed by atoms with Crippen LogP contribution in [0.1, 0.15) is 0 Å². The molecule has 28 heavy (non-hydrogen) atoms. The van der Waals surface area contributed by atoms with Crippen LogP contribution in [0.4, 0.5) is 0 Å². The van der Waals surface area contributed by atoms with Crippen LogP contribution in [0.15, 0.2) is 103 Å². The Morgan fingerprint density at radius 2 is 1.04 bits per heavy atom. The fourth-order valence-corrected chi connectivity index (χ4v) is 4.01. The van der Waals surface area contributed by atoms with Crippen molar-refractivity contribution < 1.29 is 4.74 Å². The summed E-state index contributed by atoms with van der Waals surface area (Å²) in [5.41, 5.74) is 4.94. The molecule has 134 valence electrons. The summed E-state index contributed by atoms with van der Waals surface area (Å²) < 4.78 is 5.54. The average molecular weight is 360 g/mol. The Morgan fingerprint density at radius 1 is 0.464 bits per heavy atom. The summed E-state index contributed by atoms with van der Waals surface area (Å²) in [5.74, 6) is 0.909. The number of ether oxygens (including phenoxy) is 1. The van der Waals surface area contributed by atoms with Gasteiger partial charge >= 0.3 is 0 Å². The SMILES string of the molecule is COc1ccc(-c2ccc(-c3cccc4ccccc34)cc2)c2ccccc12. The van der Waals surface area contributed by atoms with E-state index in [0.717, 1.165) is 11.1 Å². The molecule has 0 aromatic heterocycles. The molecule has 0 saturated heterocycles. The summed E-state index contributed by atoms with van der Waals surface area (Å²) in [6.07, 6.45) is 0. The fraction of sp³-hybridized carbons (Fsp3) is 0.0370. The Kier molecular flexibility index (Phi) is 4.06. The number of rotatable bonds is 3. The van der Waals surface area contributed by atoms with Gasteiger partial charge in [0.25, 0.3) is 0 Å². The molecule has 0 aliphatic rings. The Balaban J connectivity index is 1.62. The third kappa shape index (κ3) is 2.73. The van der Waals surface area contributed by atoms with Crippen molar-refractivity contribution in [2.45, 2.75) is 0 Å². The summed E-state index contributed by atoms with van der Waals surface area (Å²) in [5, 5.41) is 4.90. The second kappa shape index (κ2) is 6.86. The Morgan fingerprint density at radius 3 is 1.75 bits per heavy atom. The van der Waals surface area contributed by atoms with Gasteiger partial charge in [-0.1, -0.05) is 97.1 Å². The average Bonchev–Trinajstić information content (AvgIpc) is 2.78. The number of hydrogen-bond acceptors (Lipinski definition) is 1. The molecule has 5 rings (SSSR count). The van der Waals surface area contributed by atoms with Gasteiger partial charge in [-0.3, -0.25) is 0 Å². The van der Waals surface area contributed by atoms with Gasteiger partial charge in [-0.15, -0.1) is 0 Å². The summed E-state index contributed by atoms with van der Waals surface area (Å²) in [6, 6.07) is 36.5. The van der Waals surface area contributed by atoms with Crippen LogP contribution >= 0.6 is 0 Å². The van der Waals surface area contributed by atoms with Crippen LogP contribution in [-0.4, -0.2) is 7.11 Å². The highest BCUT2D eigenvalue weighted by atomic mass is 16.5. The smallest absolute Gasteiger partial charge is 0.126 e. The molecule has 0 unspecified atom stereocenters. The van der Waals surface area contributed by atoms with Crippen molar-refractivity contribution in [1.29, 1.82) is 0 Å². The van der Waals surface area contributed by atoms with Crippen molar-refractivity contribution >= 4 is 21.5 Å². The second-order valence-electron chi connectivity index (χ2n) is 6.97. The molecule has 0 heterocycles. The van der Waals surface area contributed by atoms with Gasteiger partial charge in [-0.05, 0) is 44.5 Å². The molecule has 0 bridgehead atoms. The maximum atomic E-state index is 5.54. The zero-order valence-corrected chi connectivity index (χ0v) is 15.7. The van der Waals surface area contributed by atoms with Gasteiger partial charge < -0.3 is 4.74 Å². The molecule has 0 atom stereocenters. The molecule has 0 N–H and O–H groups in total. The lowest BCUT2D eigenvalue weighted by atomic mass is 9.94. The molecule has 5 aromatic carbocycles. The standard InChI is InChI=1S/C27H20O/c1-28-27-18-17-24(25-10-4-5-11-26(25)27)21-15-13-20(14-16-21)23-12-6-8-19-7-2-3-9-22(19)23/h2-18H,1H3. The van der Waals surface area contributed by atoms with E-state index in [0.29, 0.717) is 0 Å². The van der Waals surface area contributed by atoms with Gasteiger partial charge in [-0.2, -0.15) is 0 Å². The van der Waals surface area contributed by atoms with Gasteiger partial charge in [0, 0.05) is 5.39 Å². The molecule has 0 aliphatic carbocycles. The van der Waals surface area contributed by atoms with Crippen LogP contribution in [-0.2, 0) is 0 Å². The number of hydrogen-bond donors (Lipinski definition) is 0.